The van der Waals surface area contributed by atoms with Crippen LogP contribution in [0.1, 0.15) is 20.3 Å². The predicted molar refractivity (Wildman–Crippen MR) is 121 cm³/mol. The number of hydrazone groups is 2. The largest absolute Gasteiger partial charge is 0.492 e. The second-order valence-corrected chi connectivity index (χ2v) is 7.24. The zero-order valence-electron chi connectivity index (χ0n) is 16.7. The lowest BCUT2D eigenvalue weighted by atomic mass is 10.2. The topological polar surface area (TPSA) is 79.2 Å². The number of amides is 1. The van der Waals surface area contributed by atoms with Gasteiger partial charge in [0.25, 0.3) is 0 Å². The number of anilines is 2. The third kappa shape index (κ3) is 3.95. The first-order chi connectivity index (χ1) is 14.7. The molecule has 1 aliphatic rings. The van der Waals surface area contributed by atoms with Gasteiger partial charge >= 0.3 is 5.91 Å². The van der Waals surface area contributed by atoms with Crippen LogP contribution in [0, 0.1) is 0 Å². The number of carbonyl (C=O) groups excluding carboxylic acids is 1. The van der Waals surface area contributed by atoms with Crippen molar-refractivity contribution >= 4 is 39.5 Å². The van der Waals surface area contributed by atoms with Crippen molar-refractivity contribution in [3.05, 3.63) is 60.0 Å². The maximum absolute atomic E-state index is 13.0. The number of hydrogen-bond acceptors (Lipinski definition) is 7. The Bertz CT molecular complexity index is 1110. The van der Waals surface area contributed by atoms with E-state index < -0.39 is 0 Å². The molecule has 1 amide bonds. The summed E-state index contributed by atoms with van der Waals surface area (Å²) < 4.78 is 5.60. The Morgan fingerprint density at radius 1 is 1.10 bits per heavy atom. The number of hydrogen-bond donors (Lipinski definition) is 1. The number of benzene rings is 2. The normalized spacial score (nSPS) is 14.9. The summed E-state index contributed by atoms with van der Waals surface area (Å²) >= 11 is 1.37. The quantitative estimate of drug-likeness (QED) is 0.559. The number of carbonyl (C=O) groups is 1. The lowest BCUT2D eigenvalue weighted by Gasteiger charge is -2.09. The van der Waals surface area contributed by atoms with Crippen LogP contribution in [-0.2, 0) is 4.79 Å². The molecule has 152 valence electrons. The van der Waals surface area contributed by atoms with Crippen molar-refractivity contribution in [2.45, 2.75) is 20.3 Å². The molecule has 1 N–H and O–H groups in total. The van der Waals surface area contributed by atoms with Gasteiger partial charge in [-0.2, -0.15) is 15.2 Å². The molecule has 0 radical (unpaired) electrons. The molecule has 0 saturated heterocycles. The summed E-state index contributed by atoms with van der Waals surface area (Å²) in [6, 6.07) is 17.3. The van der Waals surface area contributed by atoms with Crippen LogP contribution in [0.3, 0.4) is 0 Å². The first-order valence-corrected chi connectivity index (χ1v) is 10.6. The van der Waals surface area contributed by atoms with E-state index in [0.717, 1.165) is 11.3 Å². The molecule has 8 heteroatoms. The monoisotopic (exact) mass is 419 g/mol. The van der Waals surface area contributed by atoms with Crippen LogP contribution in [0.4, 0.5) is 10.8 Å². The van der Waals surface area contributed by atoms with Gasteiger partial charge < -0.3 is 4.74 Å². The molecule has 0 fully saturated rings. The minimum atomic E-state index is -0.304. The first kappa shape index (κ1) is 19.8. The molecule has 2 heterocycles. The molecular formula is C22H21N5O2S. The maximum atomic E-state index is 13.0. The zero-order chi connectivity index (χ0) is 20.9. The number of nitrogens with zero attached hydrogens (tertiary/aromatic N) is 4. The van der Waals surface area contributed by atoms with E-state index in [4.69, 9.17) is 4.74 Å². The van der Waals surface area contributed by atoms with E-state index >= 15 is 0 Å². The average Bonchev–Trinajstić information content (AvgIpc) is 3.39. The van der Waals surface area contributed by atoms with Gasteiger partial charge in [0.2, 0.25) is 5.13 Å². The van der Waals surface area contributed by atoms with Crippen LogP contribution in [-0.4, -0.2) is 28.9 Å². The number of aromatic nitrogens is 1. The minimum Gasteiger partial charge on any atom is -0.492 e. The molecular weight excluding hydrogens is 398 g/mol. The van der Waals surface area contributed by atoms with E-state index in [1.165, 1.54) is 16.3 Å². The molecule has 4 rings (SSSR count). The third-order valence-electron chi connectivity index (χ3n) is 4.44. The van der Waals surface area contributed by atoms with E-state index in [1.807, 2.05) is 73.8 Å². The highest BCUT2D eigenvalue weighted by Crippen LogP contribution is 2.30. The van der Waals surface area contributed by atoms with Gasteiger partial charge in [0, 0.05) is 10.9 Å². The summed E-state index contributed by atoms with van der Waals surface area (Å²) in [6.45, 7) is 4.40. The van der Waals surface area contributed by atoms with Gasteiger partial charge in [-0.25, -0.2) is 4.98 Å². The fraction of sp³-hybridized carbons (Fsp3) is 0.182. The van der Waals surface area contributed by atoms with Crippen LogP contribution in [0.2, 0.25) is 0 Å². The van der Waals surface area contributed by atoms with Crippen molar-refractivity contribution in [1.29, 1.82) is 0 Å². The van der Waals surface area contributed by atoms with Gasteiger partial charge in [0.15, 0.2) is 5.71 Å². The fourth-order valence-corrected chi connectivity index (χ4v) is 3.76. The van der Waals surface area contributed by atoms with Crippen LogP contribution < -0.4 is 15.2 Å². The van der Waals surface area contributed by atoms with E-state index in [0.29, 0.717) is 35.3 Å². The molecule has 30 heavy (non-hydrogen) atoms. The highest BCUT2D eigenvalue weighted by atomic mass is 32.1. The Balaban J connectivity index is 1.58. The molecule has 0 unspecified atom stereocenters. The highest BCUT2D eigenvalue weighted by molar-refractivity contribution is 7.14. The molecule has 0 bridgehead atoms. The molecule has 1 aliphatic heterocycles. The Morgan fingerprint density at radius 3 is 2.63 bits per heavy atom. The number of rotatable bonds is 7. The maximum Gasteiger partial charge on any atom is 0.303 e. The summed E-state index contributed by atoms with van der Waals surface area (Å²) in [6.07, 6.45) is 0.576. The molecule has 0 spiro atoms. The Morgan fingerprint density at radius 2 is 1.87 bits per heavy atom. The van der Waals surface area contributed by atoms with Crippen molar-refractivity contribution in [3.63, 3.8) is 0 Å². The second kappa shape index (κ2) is 8.87. The number of ether oxygens (including phenoxy) is 1. The predicted octanol–water partition coefficient (Wildman–Crippen LogP) is 4.79. The van der Waals surface area contributed by atoms with Crippen molar-refractivity contribution < 1.29 is 9.53 Å². The molecule has 7 nitrogen and oxygen atoms in total. The Labute approximate surface area is 178 Å². The standard InChI is InChI=1S/C22H21N5O2S/c1-3-16-20(25-24-17-12-8-9-13-19(17)29-4-2)21(28)27(26-16)22-23-18(14-30-22)15-10-6-5-7-11-15/h5-14,24H,3-4H2,1-2H3/b25-20+. The first-order valence-electron chi connectivity index (χ1n) is 9.70. The van der Waals surface area contributed by atoms with Gasteiger partial charge in [-0.1, -0.05) is 49.4 Å². The van der Waals surface area contributed by atoms with E-state index in [-0.39, 0.29) is 11.6 Å². The SMILES string of the molecule is CCOc1ccccc1N/N=C1/C(=O)N(c2nc(-c3ccccc3)cs2)N=C1CC. The van der Waals surface area contributed by atoms with Gasteiger partial charge in [-0.3, -0.25) is 10.2 Å². The van der Waals surface area contributed by atoms with Crippen molar-refractivity contribution in [1.82, 2.24) is 4.98 Å². The minimum absolute atomic E-state index is 0.278. The molecule has 0 aliphatic carbocycles. The number of para-hydroxylation sites is 2. The van der Waals surface area contributed by atoms with Crippen molar-refractivity contribution in [2.75, 3.05) is 17.0 Å². The number of nitrogens with one attached hydrogen (secondary N) is 1. The van der Waals surface area contributed by atoms with Gasteiger partial charge in [0.05, 0.1) is 23.7 Å². The average molecular weight is 420 g/mol. The van der Waals surface area contributed by atoms with E-state index in [2.05, 4.69) is 20.6 Å². The molecule has 3 aromatic rings. The lowest BCUT2D eigenvalue weighted by molar-refractivity contribution is -0.112. The molecule has 1 aromatic heterocycles. The van der Waals surface area contributed by atoms with Crippen molar-refractivity contribution in [2.24, 2.45) is 10.2 Å². The van der Waals surface area contributed by atoms with Gasteiger partial charge in [0.1, 0.15) is 5.75 Å². The number of thiazole rings is 1. The summed E-state index contributed by atoms with van der Waals surface area (Å²) in [7, 11) is 0. The summed E-state index contributed by atoms with van der Waals surface area (Å²) in [5.41, 5.74) is 6.34. The third-order valence-corrected chi connectivity index (χ3v) is 5.26. The van der Waals surface area contributed by atoms with Crippen LogP contribution in [0.15, 0.2) is 70.2 Å². The van der Waals surface area contributed by atoms with Gasteiger partial charge in [-0.05, 0) is 25.5 Å². The van der Waals surface area contributed by atoms with Crippen LogP contribution in [0.25, 0.3) is 11.3 Å². The van der Waals surface area contributed by atoms with Crippen LogP contribution >= 0.6 is 11.3 Å². The molecule has 2 aromatic carbocycles. The summed E-state index contributed by atoms with van der Waals surface area (Å²) in [5.74, 6) is 0.372. The summed E-state index contributed by atoms with van der Waals surface area (Å²) in [4.78, 5) is 17.6. The van der Waals surface area contributed by atoms with E-state index in [1.54, 1.807) is 0 Å². The Kier molecular flexibility index (Phi) is 5.85. The highest BCUT2D eigenvalue weighted by Gasteiger charge is 2.34. The van der Waals surface area contributed by atoms with Gasteiger partial charge in [-0.15, -0.1) is 11.3 Å². The lowest BCUT2D eigenvalue weighted by Crippen LogP contribution is -2.28. The summed E-state index contributed by atoms with van der Waals surface area (Å²) in [5, 5.41) is 12.6. The Hall–Kier alpha value is -3.52. The fourth-order valence-electron chi connectivity index (χ4n) is 2.98. The molecule has 0 saturated carbocycles. The smallest absolute Gasteiger partial charge is 0.303 e. The van der Waals surface area contributed by atoms with E-state index in [9.17, 15) is 4.79 Å². The molecule has 0 atom stereocenters. The second-order valence-electron chi connectivity index (χ2n) is 6.40. The van der Waals surface area contributed by atoms with Crippen molar-refractivity contribution in [3.8, 4) is 17.0 Å². The zero-order valence-corrected chi connectivity index (χ0v) is 17.5. The van der Waals surface area contributed by atoms with Crippen LogP contribution in [0.5, 0.6) is 5.75 Å².